The van der Waals surface area contributed by atoms with Gasteiger partial charge >= 0.3 is 0 Å². The molecule has 0 unspecified atom stereocenters. The monoisotopic (exact) mass is 338 g/mol. The van der Waals surface area contributed by atoms with E-state index in [9.17, 15) is 4.79 Å². The van der Waals surface area contributed by atoms with Crippen molar-refractivity contribution in [1.29, 1.82) is 0 Å². The van der Waals surface area contributed by atoms with Crippen molar-refractivity contribution in [2.75, 3.05) is 11.9 Å². The number of aromatic nitrogens is 1. The Morgan fingerprint density at radius 2 is 2.10 bits per heavy atom. The first-order valence-corrected chi connectivity index (χ1v) is 8.34. The third kappa shape index (κ3) is 4.58. The Morgan fingerprint density at radius 3 is 2.75 bits per heavy atom. The molecule has 0 bridgehead atoms. The summed E-state index contributed by atoms with van der Waals surface area (Å²) < 4.78 is 0.930. The first-order valence-electron chi connectivity index (χ1n) is 7.55. The van der Waals surface area contributed by atoms with E-state index in [1.807, 2.05) is 12.1 Å². The van der Waals surface area contributed by atoms with Crippen LogP contribution in [-0.2, 0) is 4.79 Å². The summed E-state index contributed by atoms with van der Waals surface area (Å²) in [5.74, 6) is 1.74. The van der Waals surface area contributed by atoms with Crippen LogP contribution in [0.4, 0.5) is 5.82 Å². The molecule has 2 rings (SSSR count). The lowest BCUT2D eigenvalue weighted by Crippen LogP contribution is -2.26. The molecule has 1 aliphatic rings. The fourth-order valence-electron chi connectivity index (χ4n) is 2.88. The molecule has 1 heterocycles. The van der Waals surface area contributed by atoms with E-state index < -0.39 is 0 Å². The summed E-state index contributed by atoms with van der Waals surface area (Å²) in [6.07, 6.45) is 11.4. The number of carbonyl (C=O) groups excluding carboxylic acids is 1. The van der Waals surface area contributed by atoms with Crippen LogP contribution in [-0.4, -0.2) is 17.9 Å². The molecule has 0 radical (unpaired) electrons. The highest BCUT2D eigenvalue weighted by atomic mass is 79.9. The van der Waals surface area contributed by atoms with Crippen LogP contribution in [0.2, 0.25) is 0 Å². The molecule has 1 aromatic heterocycles. The van der Waals surface area contributed by atoms with Gasteiger partial charge in [0.2, 0.25) is 5.91 Å². The zero-order valence-corrected chi connectivity index (χ0v) is 13.7. The van der Waals surface area contributed by atoms with Crippen LogP contribution < -0.4 is 4.90 Å². The second-order valence-electron chi connectivity index (χ2n) is 5.68. The fraction of sp³-hybridized carbons (Fsp3) is 0.625. The Labute approximate surface area is 129 Å². The Kier molecular flexibility index (Phi) is 6.02. The molecular weight excluding hydrogens is 316 g/mol. The van der Waals surface area contributed by atoms with Crippen molar-refractivity contribution < 1.29 is 4.79 Å². The molecule has 0 saturated heterocycles. The summed E-state index contributed by atoms with van der Waals surface area (Å²) in [6, 6.07) is 3.78. The second-order valence-corrected chi connectivity index (χ2v) is 6.60. The topological polar surface area (TPSA) is 33.2 Å². The van der Waals surface area contributed by atoms with Gasteiger partial charge in [-0.15, -0.1) is 0 Å². The van der Waals surface area contributed by atoms with Gasteiger partial charge in [-0.3, -0.25) is 9.69 Å². The lowest BCUT2D eigenvalue weighted by molar-refractivity contribution is -0.118. The zero-order chi connectivity index (χ0) is 14.4. The van der Waals surface area contributed by atoms with Crippen molar-refractivity contribution in [3.05, 3.63) is 22.8 Å². The van der Waals surface area contributed by atoms with Crippen LogP contribution in [0.5, 0.6) is 0 Å². The summed E-state index contributed by atoms with van der Waals surface area (Å²) in [5, 5.41) is 0. The normalized spacial score (nSPS) is 16.1. The van der Waals surface area contributed by atoms with Crippen LogP contribution in [0.3, 0.4) is 0 Å². The number of rotatable bonds is 5. The molecule has 0 N–H and O–H groups in total. The fourth-order valence-corrected chi connectivity index (χ4v) is 3.11. The molecule has 1 aromatic rings. The number of hydrogen-bond acceptors (Lipinski definition) is 2. The summed E-state index contributed by atoms with van der Waals surface area (Å²) in [7, 11) is 1.80. The first-order chi connectivity index (χ1) is 9.66. The van der Waals surface area contributed by atoms with Gasteiger partial charge in [0.05, 0.1) is 0 Å². The van der Waals surface area contributed by atoms with E-state index in [1.165, 1.54) is 38.5 Å². The Balaban J connectivity index is 1.74. The van der Waals surface area contributed by atoms with E-state index in [4.69, 9.17) is 0 Å². The Bertz CT molecular complexity index is 427. The van der Waals surface area contributed by atoms with E-state index >= 15 is 0 Å². The number of hydrogen-bond donors (Lipinski definition) is 0. The first kappa shape index (κ1) is 15.5. The smallest absolute Gasteiger partial charge is 0.227 e. The molecule has 110 valence electrons. The highest BCUT2D eigenvalue weighted by Crippen LogP contribution is 2.27. The van der Waals surface area contributed by atoms with Crippen molar-refractivity contribution in [3.63, 3.8) is 0 Å². The lowest BCUT2D eigenvalue weighted by Gasteiger charge is -2.22. The third-order valence-corrected chi connectivity index (χ3v) is 4.63. The molecule has 0 aromatic carbocycles. The predicted octanol–water partition coefficient (Wildman–Crippen LogP) is 4.56. The molecule has 0 aliphatic heterocycles. The van der Waals surface area contributed by atoms with Crippen LogP contribution in [0.25, 0.3) is 0 Å². The van der Waals surface area contributed by atoms with Crippen LogP contribution in [0.15, 0.2) is 22.8 Å². The summed E-state index contributed by atoms with van der Waals surface area (Å²) >= 11 is 3.35. The van der Waals surface area contributed by atoms with Crippen molar-refractivity contribution in [2.45, 2.75) is 51.4 Å². The zero-order valence-electron chi connectivity index (χ0n) is 12.1. The summed E-state index contributed by atoms with van der Waals surface area (Å²) in [4.78, 5) is 18.1. The van der Waals surface area contributed by atoms with Crippen LogP contribution in [0.1, 0.15) is 51.4 Å². The van der Waals surface area contributed by atoms with E-state index in [1.54, 1.807) is 18.1 Å². The van der Waals surface area contributed by atoms with Crippen molar-refractivity contribution in [1.82, 2.24) is 4.98 Å². The van der Waals surface area contributed by atoms with Gasteiger partial charge in [-0.25, -0.2) is 4.98 Å². The molecule has 4 heteroatoms. The van der Waals surface area contributed by atoms with Gasteiger partial charge in [-0.1, -0.05) is 32.1 Å². The average molecular weight is 339 g/mol. The van der Waals surface area contributed by atoms with E-state index in [0.29, 0.717) is 6.42 Å². The summed E-state index contributed by atoms with van der Waals surface area (Å²) in [6.45, 7) is 0. The maximum atomic E-state index is 12.1. The largest absolute Gasteiger partial charge is 0.300 e. The van der Waals surface area contributed by atoms with E-state index in [0.717, 1.165) is 22.6 Å². The molecule has 1 fully saturated rings. The molecular formula is C16H23BrN2O. The van der Waals surface area contributed by atoms with Gasteiger partial charge in [0.15, 0.2) is 0 Å². The van der Waals surface area contributed by atoms with Crippen LogP contribution >= 0.6 is 15.9 Å². The Morgan fingerprint density at radius 1 is 1.35 bits per heavy atom. The van der Waals surface area contributed by atoms with Crippen molar-refractivity contribution in [2.24, 2.45) is 5.92 Å². The molecule has 1 aliphatic carbocycles. The van der Waals surface area contributed by atoms with Gasteiger partial charge in [0.25, 0.3) is 0 Å². The van der Waals surface area contributed by atoms with E-state index in [2.05, 4.69) is 20.9 Å². The summed E-state index contributed by atoms with van der Waals surface area (Å²) in [5.41, 5.74) is 0. The number of anilines is 1. The second kappa shape index (κ2) is 7.77. The van der Waals surface area contributed by atoms with Crippen LogP contribution in [0, 0.1) is 5.92 Å². The standard InChI is InChI=1S/C16H23BrN2O/c1-19(15-11-10-14(17)12-18-15)16(20)9-5-8-13-6-3-2-4-7-13/h10-13H,2-9H2,1H3. The third-order valence-electron chi connectivity index (χ3n) is 4.16. The average Bonchev–Trinajstić information content (AvgIpc) is 2.48. The van der Waals surface area contributed by atoms with Gasteiger partial charge < -0.3 is 0 Å². The number of nitrogens with zero attached hydrogens (tertiary/aromatic N) is 2. The maximum absolute atomic E-state index is 12.1. The minimum absolute atomic E-state index is 0.163. The highest BCUT2D eigenvalue weighted by Gasteiger charge is 2.15. The highest BCUT2D eigenvalue weighted by molar-refractivity contribution is 9.10. The number of amides is 1. The van der Waals surface area contributed by atoms with Gasteiger partial charge in [-0.05, 0) is 46.8 Å². The van der Waals surface area contributed by atoms with Gasteiger partial charge in [0.1, 0.15) is 5.82 Å². The number of pyridine rings is 1. The molecule has 0 atom stereocenters. The molecule has 1 amide bonds. The van der Waals surface area contributed by atoms with E-state index in [-0.39, 0.29) is 5.91 Å². The Hall–Kier alpha value is -0.900. The molecule has 3 nitrogen and oxygen atoms in total. The van der Waals surface area contributed by atoms with Crippen molar-refractivity contribution >= 4 is 27.7 Å². The molecule has 0 spiro atoms. The van der Waals surface area contributed by atoms with Gasteiger partial charge in [0, 0.05) is 24.1 Å². The number of carbonyl (C=O) groups is 1. The maximum Gasteiger partial charge on any atom is 0.227 e. The lowest BCUT2D eigenvalue weighted by atomic mass is 9.86. The number of halogens is 1. The van der Waals surface area contributed by atoms with Crippen molar-refractivity contribution in [3.8, 4) is 0 Å². The quantitative estimate of drug-likeness (QED) is 0.788. The predicted molar refractivity (Wildman–Crippen MR) is 85.8 cm³/mol. The molecule has 20 heavy (non-hydrogen) atoms. The minimum Gasteiger partial charge on any atom is -0.300 e. The minimum atomic E-state index is 0.163. The SMILES string of the molecule is CN(C(=O)CCCC1CCCCC1)c1ccc(Br)cn1. The van der Waals surface area contributed by atoms with Gasteiger partial charge in [-0.2, -0.15) is 0 Å². The molecule has 1 saturated carbocycles.